The fourth-order valence-corrected chi connectivity index (χ4v) is 2.56. The van der Waals surface area contributed by atoms with Gasteiger partial charge in [-0.2, -0.15) is 0 Å². The second kappa shape index (κ2) is 6.49. The number of rotatable bonds is 4. The first-order valence-corrected chi connectivity index (χ1v) is 7.55. The Bertz CT molecular complexity index is 860. The summed E-state index contributed by atoms with van der Waals surface area (Å²) in [5, 5.41) is 21.2. The molecule has 0 aliphatic rings. The molecule has 0 aliphatic carbocycles. The van der Waals surface area contributed by atoms with E-state index in [1.165, 1.54) is 4.90 Å². The lowest BCUT2D eigenvalue weighted by Gasteiger charge is -2.21. The maximum atomic E-state index is 11.8. The first kappa shape index (κ1) is 15.7. The van der Waals surface area contributed by atoms with E-state index in [4.69, 9.17) is 0 Å². The lowest BCUT2D eigenvalue weighted by molar-refractivity contribution is 0.205. The molecule has 0 saturated carbocycles. The number of nitrogens with zero attached hydrogens (tertiary/aromatic N) is 5. The van der Waals surface area contributed by atoms with Crippen LogP contribution < -0.4 is 4.90 Å². The van der Waals surface area contributed by atoms with Crippen LogP contribution in [0.5, 0.6) is 0 Å². The molecule has 1 heterocycles. The summed E-state index contributed by atoms with van der Waals surface area (Å²) in [7, 11) is 1.75. The van der Waals surface area contributed by atoms with E-state index >= 15 is 0 Å². The van der Waals surface area contributed by atoms with Crippen molar-refractivity contribution in [2.24, 2.45) is 7.05 Å². The third-order valence-corrected chi connectivity index (χ3v) is 3.73. The van der Waals surface area contributed by atoms with Crippen LogP contribution in [0, 0.1) is 0 Å². The van der Waals surface area contributed by atoms with Crippen LogP contribution in [0.25, 0.3) is 11.4 Å². The predicted octanol–water partition coefficient (Wildman–Crippen LogP) is 3.26. The number of hydrogen-bond donors (Lipinski definition) is 1. The van der Waals surface area contributed by atoms with Gasteiger partial charge in [-0.1, -0.05) is 25.1 Å². The van der Waals surface area contributed by atoms with Crippen LogP contribution in [0.15, 0.2) is 48.5 Å². The fraction of sp³-hybridized carbons (Fsp3) is 0.176. The summed E-state index contributed by atoms with van der Waals surface area (Å²) in [6, 6.07) is 14.6. The van der Waals surface area contributed by atoms with Crippen molar-refractivity contribution in [1.29, 1.82) is 0 Å². The van der Waals surface area contributed by atoms with E-state index < -0.39 is 6.09 Å². The van der Waals surface area contributed by atoms with Crippen LogP contribution in [0.4, 0.5) is 16.2 Å². The smallest absolute Gasteiger partial charge is 0.416 e. The summed E-state index contributed by atoms with van der Waals surface area (Å²) in [6.45, 7) is 2.02. The molecule has 7 heteroatoms. The average Bonchev–Trinajstić information content (AvgIpc) is 3.01. The SMILES string of the molecule is CCc1cc(-c2nnnn2C)cc(N(C(=O)O)c2ccccc2)c1. The molecule has 0 radical (unpaired) electrons. The van der Waals surface area contributed by atoms with Crippen molar-refractivity contribution in [3.8, 4) is 11.4 Å². The molecule has 1 amide bonds. The van der Waals surface area contributed by atoms with Crippen LogP contribution in [0.3, 0.4) is 0 Å². The molecule has 24 heavy (non-hydrogen) atoms. The topological polar surface area (TPSA) is 84.1 Å². The van der Waals surface area contributed by atoms with Gasteiger partial charge in [0.2, 0.25) is 0 Å². The number of carbonyl (C=O) groups is 1. The van der Waals surface area contributed by atoms with E-state index in [0.29, 0.717) is 17.2 Å². The Balaban J connectivity index is 2.15. The minimum absolute atomic E-state index is 0.561. The maximum Gasteiger partial charge on any atom is 0.416 e. The number of hydrogen-bond acceptors (Lipinski definition) is 4. The summed E-state index contributed by atoms with van der Waals surface area (Å²) in [5.41, 5.74) is 2.93. The van der Waals surface area contributed by atoms with Gasteiger partial charge in [-0.3, -0.25) is 0 Å². The predicted molar refractivity (Wildman–Crippen MR) is 90.2 cm³/mol. The summed E-state index contributed by atoms with van der Waals surface area (Å²) in [4.78, 5) is 13.1. The number of carboxylic acid groups (broad SMARTS) is 1. The van der Waals surface area contributed by atoms with Crippen molar-refractivity contribution >= 4 is 17.5 Å². The number of anilines is 2. The molecule has 7 nitrogen and oxygen atoms in total. The van der Waals surface area contributed by atoms with E-state index in [1.54, 1.807) is 29.9 Å². The monoisotopic (exact) mass is 323 g/mol. The quantitative estimate of drug-likeness (QED) is 0.796. The normalized spacial score (nSPS) is 10.6. The summed E-state index contributed by atoms with van der Waals surface area (Å²) >= 11 is 0. The zero-order valence-electron chi connectivity index (χ0n) is 13.4. The Kier molecular flexibility index (Phi) is 4.24. The highest BCUT2D eigenvalue weighted by molar-refractivity contribution is 5.95. The number of amides is 1. The molecule has 122 valence electrons. The molecule has 0 spiro atoms. The number of benzene rings is 2. The molecule has 0 fully saturated rings. The molecule has 1 N–H and O–H groups in total. The van der Waals surface area contributed by atoms with Gasteiger partial charge in [-0.15, -0.1) is 5.10 Å². The Morgan fingerprint density at radius 2 is 1.92 bits per heavy atom. The number of para-hydroxylation sites is 1. The standard InChI is InChI=1S/C17H17N5O2/c1-3-12-9-13(16-18-19-20-21(16)2)11-15(10-12)22(17(23)24)14-7-5-4-6-8-14/h4-11H,3H2,1-2H3,(H,23,24). The van der Waals surface area contributed by atoms with E-state index in [1.807, 2.05) is 37.3 Å². The van der Waals surface area contributed by atoms with Gasteiger partial charge < -0.3 is 5.11 Å². The maximum absolute atomic E-state index is 11.8. The van der Waals surface area contributed by atoms with Crippen LogP contribution in [0.1, 0.15) is 12.5 Å². The Hall–Kier alpha value is -3.22. The third-order valence-electron chi connectivity index (χ3n) is 3.73. The van der Waals surface area contributed by atoms with Crippen LogP contribution in [0.2, 0.25) is 0 Å². The number of tetrazole rings is 1. The highest BCUT2D eigenvalue weighted by Crippen LogP contribution is 2.30. The molecule has 2 aromatic carbocycles. The minimum atomic E-state index is -1.04. The average molecular weight is 323 g/mol. The van der Waals surface area contributed by atoms with E-state index in [0.717, 1.165) is 17.5 Å². The lowest BCUT2D eigenvalue weighted by atomic mass is 10.1. The summed E-state index contributed by atoms with van der Waals surface area (Å²) < 4.78 is 1.56. The molecule has 0 saturated heterocycles. The first-order chi connectivity index (χ1) is 11.6. The molecular weight excluding hydrogens is 306 g/mol. The zero-order chi connectivity index (χ0) is 17.1. The van der Waals surface area contributed by atoms with Crippen LogP contribution in [-0.2, 0) is 13.5 Å². The van der Waals surface area contributed by atoms with Gasteiger partial charge in [-0.25, -0.2) is 14.4 Å². The van der Waals surface area contributed by atoms with Gasteiger partial charge >= 0.3 is 6.09 Å². The van der Waals surface area contributed by atoms with Crippen LogP contribution >= 0.6 is 0 Å². The van der Waals surface area contributed by atoms with Gasteiger partial charge in [0, 0.05) is 12.6 Å². The molecule has 3 rings (SSSR count). The highest BCUT2D eigenvalue weighted by Gasteiger charge is 2.19. The fourth-order valence-electron chi connectivity index (χ4n) is 2.56. The highest BCUT2D eigenvalue weighted by atomic mass is 16.4. The summed E-state index contributed by atoms with van der Waals surface area (Å²) in [6.07, 6.45) is -0.273. The van der Waals surface area contributed by atoms with Crippen molar-refractivity contribution in [3.63, 3.8) is 0 Å². The number of aryl methyl sites for hydroxylation is 2. The van der Waals surface area contributed by atoms with Crippen molar-refractivity contribution in [1.82, 2.24) is 20.2 Å². The molecule has 0 bridgehead atoms. The van der Waals surface area contributed by atoms with Gasteiger partial charge in [0.1, 0.15) is 0 Å². The van der Waals surface area contributed by atoms with Gasteiger partial charge in [-0.05, 0) is 52.7 Å². The summed E-state index contributed by atoms with van der Waals surface area (Å²) in [5.74, 6) is 0.588. The Morgan fingerprint density at radius 1 is 1.17 bits per heavy atom. The van der Waals surface area contributed by atoms with Crippen molar-refractivity contribution in [3.05, 3.63) is 54.1 Å². The molecule has 1 aromatic heterocycles. The molecular formula is C17H17N5O2. The first-order valence-electron chi connectivity index (χ1n) is 7.55. The van der Waals surface area contributed by atoms with E-state index in [2.05, 4.69) is 15.5 Å². The van der Waals surface area contributed by atoms with Crippen molar-refractivity contribution in [2.45, 2.75) is 13.3 Å². The Labute approximate surface area is 139 Å². The zero-order valence-corrected chi connectivity index (χ0v) is 13.4. The largest absolute Gasteiger partial charge is 0.464 e. The van der Waals surface area contributed by atoms with Crippen LogP contribution in [-0.4, -0.2) is 31.4 Å². The molecule has 0 aliphatic heterocycles. The van der Waals surface area contributed by atoms with Gasteiger partial charge in [0.05, 0.1) is 11.4 Å². The van der Waals surface area contributed by atoms with E-state index in [-0.39, 0.29) is 0 Å². The second-order valence-electron chi connectivity index (χ2n) is 5.32. The van der Waals surface area contributed by atoms with Gasteiger partial charge in [0.25, 0.3) is 0 Å². The van der Waals surface area contributed by atoms with Crippen molar-refractivity contribution < 1.29 is 9.90 Å². The molecule has 3 aromatic rings. The number of aromatic nitrogens is 4. The minimum Gasteiger partial charge on any atom is -0.464 e. The molecule has 0 unspecified atom stereocenters. The molecule has 0 atom stereocenters. The third kappa shape index (κ3) is 2.96. The second-order valence-corrected chi connectivity index (χ2v) is 5.32. The van der Waals surface area contributed by atoms with Crippen molar-refractivity contribution in [2.75, 3.05) is 4.90 Å². The lowest BCUT2D eigenvalue weighted by Crippen LogP contribution is -2.23. The van der Waals surface area contributed by atoms with Gasteiger partial charge in [0.15, 0.2) is 5.82 Å². The Morgan fingerprint density at radius 3 is 2.50 bits per heavy atom. The van der Waals surface area contributed by atoms with E-state index in [9.17, 15) is 9.90 Å².